The molecular weight excluding hydrogens is 406 g/mol. The smallest absolute Gasteiger partial charge is 0.282 e. The number of para-hydroxylation sites is 1. The Morgan fingerprint density at radius 1 is 0.742 bits per heavy atom. The lowest BCUT2D eigenvalue weighted by Crippen LogP contribution is -2.47. The highest BCUT2D eigenvalue weighted by atomic mass is 32.1. The number of anilines is 2. The molecule has 2 aliphatic rings. The van der Waals surface area contributed by atoms with Gasteiger partial charge in [0.15, 0.2) is 0 Å². The Bertz CT molecular complexity index is 1150. The second kappa shape index (κ2) is 8.04. The molecule has 156 valence electrons. The van der Waals surface area contributed by atoms with E-state index in [1.807, 2.05) is 66.9 Å². The van der Waals surface area contributed by atoms with Gasteiger partial charge in [-0.1, -0.05) is 36.4 Å². The fourth-order valence-electron chi connectivity index (χ4n) is 4.28. The first kappa shape index (κ1) is 19.6. The molecule has 1 saturated heterocycles. The second-order valence-electron chi connectivity index (χ2n) is 7.80. The number of rotatable bonds is 4. The monoisotopic (exact) mass is 429 g/mol. The highest BCUT2D eigenvalue weighted by Gasteiger charge is 2.43. The number of hydrogen-bond acceptors (Lipinski definition) is 5. The lowest BCUT2D eigenvalue weighted by Gasteiger charge is -2.37. The molecule has 3 aromatic rings. The number of carbonyl (C=O) groups excluding carboxylic acids is 2. The van der Waals surface area contributed by atoms with Crippen LogP contribution >= 0.6 is 11.3 Å². The molecular formula is C25H23N3O2S. The summed E-state index contributed by atoms with van der Waals surface area (Å²) in [6, 6.07) is 21.7. The van der Waals surface area contributed by atoms with Gasteiger partial charge in [-0.25, -0.2) is 4.90 Å². The van der Waals surface area contributed by atoms with Crippen molar-refractivity contribution in [3.05, 3.63) is 88.2 Å². The minimum atomic E-state index is -0.237. The number of thiophene rings is 1. The normalized spacial score (nSPS) is 17.1. The zero-order chi connectivity index (χ0) is 21.4. The summed E-state index contributed by atoms with van der Waals surface area (Å²) in [5.74, 6) is -0.467. The third-order valence-electron chi connectivity index (χ3n) is 5.80. The van der Waals surface area contributed by atoms with Crippen LogP contribution in [0.4, 0.5) is 11.4 Å². The fraction of sp³-hybridized carbons (Fsp3) is 0.200. The predicted octanol–water partition coefficient (Wildman–Crippen LogP) is 4.16. The van der Waals surface area contributed by atoms with Crippen LogP contribution in [-0.4, -0.2) is 42.9 Å². The predicted molar refractivity (Wildman–Crippen MR) is 125 cm³/mol. The second-order valence-corrected chi connectivity index (χ2v) is 8.74. The van der Waals surface area contributed by atoms with Gasteiger partial charge >= 0.3 is 0 Å². The molecule has 0 radical (unpaired) electrons. The molecule has 31 heavy (non-hydrogen) atoms. The number of aryl methyl sites for hydroxylation is 1. The van der Waals surface area contributed by atoms with Crippen molar-refractivity contribution in [2.24, 2.45) is 0 Å². The van der Waals surface area contributed by atoms with Gasteiger partial charge < -0.3 is 9.80 Å². The molecule has 0 bridgehead atoms. The quantitative estimate of drug-likeness (QED) is 0.584. The first-order valence-electron chi connectivity index (χ1n) is 10.4. The van der Waals surface area contributed by atoms with Gasteiger partial charge in [0.25, 0.3) is 11.8 Å². The fourth-order valence-corrected chi connectivity index (χ4v) is 5.05. The van der Waals surface area contributed by atoms with E-state index in [9.17, 15) is 9.59 Å². The summed E-state index contributed by atoms with van der Waals surface area (Å²) in [5.41, 5.74) is 3.88. The van der Waals surface area contributed by atoms with Crippen molar-refractivity contribution in [1.82, 2.24) is 4.90 Å². The van der Waals surface area contributed by atoms with Crippen LogP contribution in [0.15, 0.2) is 77.8 Å². The number of carbonyl (C=O) groups is 2. The summed E-state index contributed by atoms with van der Waals surface area (Å²) in [6.07, 6.45) is 0. The number of hydrogen-bond donors (Lipinski definition) is 0. The van der Waals surface area contributed by atoms with Crippen LogP contribution in [0.1, 0.15) is 10.4 Å². The van der Waals surface area contributed by atoms with Crippen LogP contribution in [0.2, 0.25) is 0 Å². The Morgan fingerprint density at radius 2 is 1.45 bits per heavy atom. The van der Waals surface area contributed by atoms with Gasteiger partial charge in [-0.15, -0.1) is 11.3 Å². The van der Waals surface area contributed by atoms with Crippen LogP contribution in [0, 0.1) is 6.92 Å². The van der Waals surface area contributed by atoms with Gasteiger partial charge in [0.2, 0.25) is 0 Å². The number of amides is 2. The Kier molecular flexibility index (Phi) is 5.08. The molecule has 1 aromatic heterocycles. The minimum Gasteiger partial charge on any atom is -0.368 e. The van der Waals surface area contributed by atoms with E-state index in [1.165, 1.54) is 21.9 Å². The molecule has 2 amide bonds. The van der Waals surface area contributed by atoms with Gasteiger partial charge in [0.1, 0.15) is 5.70 Å². The summed E-state index contributed by atoms with van der Waals surface area (Å²) >= 11 is 1.50. The average molecular weight is 430 g/mol. The summed E-state index contributed by atoms with van der Waals surface area (Å²) in [4.78, 5) is 33.6. The van der Waals surface area contributed by atoms with Crippen LogP contribution in [0.5, 0.6) is 0 Å². The van der Waals surface area contributed by atoms with Crippen molar-refractivity contribution in [2.75, 3.05) is 36.0 Å². The number of imide groups is 1. The van der Waals surface area contributed by atoms with Gasteiger partial charge in [-0.05, 0) is 48.2 Å². The largest absolute Gasteiger partial charge is 0.368 e. The maximum Gasteiger partial charge on any atom is 0.282 e. The van der Waals surface area contributed by atoms with Crippen molar-refractivity contribution < 1.29 is 9.59 Å². The Labute approximate surface area is 185 Å². The zero-order valence-corrected chi connectivity index (χ0v) is 18.1. The van der Waals surface area contributed by atoms with Crippen molar-refractivity contribution in [3.63, 3.8) is 0 Å². The Balaban J connectivity index is 1.48. The van der Waals surface area contributed by atoms with E-state index in [1.54, 1.807) is 0 Å². The van der Waals surface area contributed by atoms with E-state index in [-0.39, 0.29) is 11.8 Å². The maximum atomic E-state index is 13.6. The third-order valence-corrected chi connectivity index (χ3v) is 6.69. The summed E-state index contributed by atoms with van der Waals surface area (Å²) in [7, 11) is 0. The molecule has 5 nitrogen and oxygen atoms in total. The van der Waals surface area contributed by atoms with Crippen LogP contribution in [0.3, 0.4) is 0 Å². The molecule has 0 aliphatic carbocycles. The molecule has 0 atom stereocenters. The van der Waals surface area contributed by atoms with E-state index in [0.29, 0.717) is 30.0 Å². The van der Waals surface area contributed by atoms with Crippen LogP contribution in [0.25, 0.3) is 5.57 Å². The molecule has 2 aromatic carbocycles. The molecule has 0 spiro atoms. The lowest BCUT2D eigenvalue weighted by atomic mass is 10.1. The molecule has 2 aliphatic heterocycles. The highest BCUT2D eigenvalue weighted by molar-refractivity contribution is 7.11. The summed E-state index contributed by atoms with van der Waals surface area (Å²) in [6.45, 7) is 4.96. The molecule has 5 rings (SSSR count). The highest BCUT2D eigenvalue weighted by Crippen LogP contribution is 2.37. The Morgan fingerprint density at radius 3 is 2.13 bits per heavy atom. The summed E-state index contributed by atoms with van der Waals surface area (Å²) < 4.78 is 0. The van der Waals surface area contributed by atoms with Crippen molar-refractivity contribution in [3.8, 4) is 0 Å². The van der Waals surface area contributed by atoms with Crippen molar-refractivity contribution >= 4 is 40.1 Å². The van der Waals surface area contributed by atoms with E-state index in [0.717, 1.165) is 23.5 Å². The van der Waals surface area contributed by atoms with Gasteiger partial charge in [-0.2, -0.15) is 0 Å². The molecule has 0 saturated carbocycles. The van der Waals surface area contributed by atoms with E-state index < -0.39 is 0 Å². The molecule has 0 N–H and O–H groups in total. The first-order chi connectivity index (χ1) is 15.1. The van der Waals surface area contributed by atoms with Crippen molar-refractivity contribution in [1.29, 1.82) is 0 Å². The maximum absolute atomic E-state index is 13.6. The van der Waals surface area contributed by atoms with Crippen LogP contribution in [-0.2, 0) is 9.59 Å². The zero-order valence-electron chi connectivity index (χ0n) is 17.3. The lowest BCUT2D eigenvalue weighted by molar-refractivity contribution is -0.120. The van der Waals surface area contributed by atoms with E-state index in [2.05, 4.69) is 21.9 Å². The average Bonchev–Trinajstić information content (AvgIpc) is 3.40. The standard InChI is InChI=1S/C25H23N3O2S/c1-18-7-5-10-20(17-18)28-24(29)22(21-11-6-16-31-21)23(25(28)30)27-14-12-26(13-15-27)19-8-3-2-4-9-19/h2-11,16-17H,12-15H2,1H3. The van der Waals surface area contributed by atoms with Gasteiger partial charge in [-0.3, -0.25) is 9.59 Å². The Hall–Kier alpha value is -3.38. The first-order valence-corrected chi connectivity index (χ1v) is 11.3. The number of benzene rings is 2. The van der Waals surface area contributed by atoms with Crippen molar-refractivity contribution in [2.45, 2.75) is 6.92 Å². The molecule has 3 heterocycles. The SMILES string of the molecule is Cc1cccc(N2C(=O)C(c3cccs3)=C(N3CCN(c4ccccc4)CC3)C2=O)c1. The number of nitrogens with zero attached hydrogens (tertiary/aromatic N) is 3. The van der Waals surface area contributed by atoms with E-state index >= 15 is 0 Å². The van der Waals surface area contributed by atoms with Crippen LogP contribution < -0.4 is 9.80 Å². The molecule has 6 heteroatoms. The third kappa shape index (κ3) is 3.53. The molecule has 0 unspecified atom stereocenters. The van der Waals surface area contributed by atoms with E-state index in [4.69, 9.17) is 0 Å². The molecule has 1 fully saturated rings. The number of piperazine rings is 1. The minimum absolute atomic E-state index is 0.229. The van der Waals surface area contributed by atoms with Gasteiger partial charge in [0, 0.05) is 36.7 Å². The topological polar surface area (TPSA) is 43.9 Å². The van der Waals surface area contributed by atoms with Gasteiger partial charge in [0.05, 0.1) is 11.3 Å². The summed E-state index contributed by atoms with van der Waals surface area (Å²) in [5, 5.41) is 1.94.